The van der Waals surface area contributed by atoms with Crippen molar-refractivity contribution < 1.29 is 4.79 Å². The summed E-state index contributed by atoms with van der Waals surface area (Å²) in [6.07, 6.45) is 0. The monoisotopic (exact) mass is 400 g/mol. The zero-order valence-electron chi connectivity index (χ0n) is 13.5. The molecule has 3 rings (SSSR count). The van der Waals surface area contributed by atoms with Crippen LogP contribution in [0.2, 0.25) is 10.0 Å². The number of thiocarbonyl (C=S) groups is 1. The van der Waals surface area contributed by atoms with Crippen LogP contribution in [0.25, 0.3) is 11.1 Å². The molecule has 0 saturated carbocycles. The largest absolute Gasteiger partial charge is 0.332 e. The lowest BCUT2D eigenvalue weighted by Crippen LogP contribution is -2.34. The van der Waals surface area contributed by atoms with E-state index in [2.05, 4.69) is 10.6 Å². The van der Waals surface area contributed by atoms with Crippen LogP contribution in [-0.2, 0) is 0 Å². The van der Waals surface area contributed by atoms with Gasteiger partial charge in [-0.2, -0.15) is 0 Å². The molecule has 0 aliphatic heterocycles. The minimum absolute atomic E-state index is 0.202. The molecule has 0 aliphatic carbocycles. The third-order valence-electron chi connectivity index (χ3n) is 3.66. The molecule has 2 N–H and O–H groups in total. The summed E-state index contributed by atoms with van der Waals surface area (Å²) in [7, 11) is 0. The van der Waals surface area contributed by atoms with E-state index in [9.17, 15) is 4.79 Å². The van der Waals surface area contributed by atoms with Gasteiger partial charge in [0.15, 0.2) is 5.11 Å². The second-order valence-corrected chi connectivity index (χ2v) is 6.70. The van der Waals surface area contributed by atoms with Gasteiger partial charge in [-0.3, -0.25) is 10.1 Å². The molecular formula is C20H14Cl2N2OS. The Labute approximate surface area is 167 Å². The highest BCUT2D eigenvalue weighted by Gasteiger charge is 2.10. The summed E-state index contributed by atoms with van der Waals surface area (Å²) in [6.45, 7) is 0. The number of halogens is 2. The Morgan fingerprint density at radius 3 is 2.12 bits per heavy atom. The van der Waals surface area contributed by atoms with Crippen LogP contribution in [0.5, 0.6) is 0 Å². The average molecular weight is 401 g/mol. The van der Waals surface area contributed by atoms with E-state index in [1.54, 1.807) is 12.1 Å². The first kappa shape index (κ1) is 18.4. The third kappa shape index (κ3) is 4.61. The minimum Gasteiger partial charge on any atom is -0.332 e. The number of hydrogen-bond acceptors (Lipinski definition) is 2. The van der Waals surface area contributed by atoms with E-state index in [0.29, 0.717) is 15.6 Å². The molecule has 0 spiro atoms. The molecule has 6 heteroatoms. The Balaban J connectivity index is 1.62. The predicted octanol–water partition coefficient (Wildman–Crippen LogP) is 5.79. The molecule has 130 valence electrons. The van der Waals surface area contributed by atoms with Crippen LogP contribution in [-0.4, -0.2) is 11.0 Å². The zero-order valence-corrected chi connectivity index (χ0v) is 15.8. The van der Waals surface area contributed by atoms with Gasteiger partial charge in [-0.1, -0.05) is 65.7 Å². The van der Waals surface area contributed by atoms with Gasteiger partial charge < -0.3 is 5.32 Å². The summed E-state index contributed by atoms with van der Waals surface area (Å²) in [6, 6.07) is 22.5. The van der Waals surface area contributed by atoms with Crippen molar-refractivity contribution in [1.82, 2.24) is 5.32 Å². The highest BCUT2D eigenvalue weighted by molar-refractivity contribution is 7.80. The fourth-order valence-electron chi connectivity index (χ4n) is 2.35. The number of carbonyl (C=O) groups is 1. The van der Waals surface area contributed by atoms with Crippen LogP contribution in [0.4, 0.5) is 5.69 Å². The van der Waals surface area contributed by atoms with Gasteiger partial charge in [-0.15, -0.1) is 0 Å². The van der Waals surface area contributed by atoms with Gasteiger partial charge in [-0.25, -0.2) is 0 Å². The van der Waals surface area contributed by atoms with Crippen LogP contribution in [0.1, 0.15) is 10.4 Å². The smallest absolute Gasteiger partial charge is 0.257 e. The van der Waals surface area contributed by atoms with E-state index in [1.165, 1.54) is 6.07 Å². The first-order valence-electron chi connectivity index (χ1n) is 7.76. The lowest BCUT2D eigenvalue weighted by molar-refractivity contribution is 0.0977. The van der Waals surface area contributed by atoms with Crippen LogP contribution < -0.4 is 10.6 Å². The Morgan fingerprint density at radius 1 is 0.808 bits per heavy atom. The molecule has 0 unspecified atom stereocenters. The summed E-state index contributed by atoms with van der Waals surface area (Å²) in [4.78, 5) is 12.2. The molecule has 0 bridgehead atoms. The van der Waals surface area contributed by atoms with Crippen molar-refractivity contribution in [3.8, 4) is 11.1 Å². The highest BCUT2D eigenvalue weighted by atomic mass is 35.5. The molecule has 0 atom stereocenters. The maximum Gasteiger partial charge on any atom is 0.257 e. The van der Waals surface area contributed by atoms with Gasteiger partial charge in [0.25, 0.3) is 5.91 Å². The molecular weight excluding hydrogens is 387 g/mol. The van der Waals surface area contributed by atoms with E-state index < -0.39 is 0 Å². The van der Waals surface area contributed by atoms with Gasteiger partial charge in [0.2, 0.25) is 0 Å². The lowest BCUT2D eigenvalue weighted by Gasteiger charge is -2.11. The summed E-state index contributed by atoms with van der Waals surface area (Å²) in [5.74, 6) is -0.359. The van der Waals surface area contributed by atoms with Crippen molar-refractivity contribution in [2.24, 2.45) is 0 Å². The molecule has 0 saturated heterocycles. The molecule has 1 amide bonds. The Hall–Kier alpha value is -2.40. The van der Waals surface area contributed by atoms with Crippen LogP contribution in [0, 0.1) is 0 Å². The van der Waals surface area contributed by atoms with Gasteiger partial charge in [0.1, 0.15) is 0 Å². The quantitative estimate of drug-likeness (QED) is 0.546. The van der Waals surface area contributed by atoms with Crippen molar-refractivity contribution in [3.05, 3.63) is 88.4 Å². The third-order valence-corrected chi connectivity index (χ3v) is 4.60. The fraction of sp³-hybridized carbons (Fsp3) is 0. The number of rotatable bonds is 3. The van der Waals surface area contributed by atoms with Crippen molar-refractivity contribution >= 4 is 52.1 Å². The standard InChI is InChI=1S/C20H14Cl2N2OS/c21-17-11-8-15(12-18(17)22)19(25)24-20(26)23-16-9-6-14(7-10-16)13-4-2-1-3-5-13/h1-12H,(H2,23,24,25,26). The molecule has 3 nitrogen and oxygen atoms in total. The molecule has 3 aromatic rings. The van der Waals surface area contributed by atoms with Crippen molar-refractivity contribution in [2.75, 3.05) is 5.32 Å². The highest BCUT2D eigenvalue weighted by Crippen LogP contribution is 2.23. The van der Waals surface area contributed by atoms with Gasteiger partial charge in [0.05, 0.1) is 10.0 Å². The topological polar surface area (TPSA) is 41.1 Å². The van der Waals surface area contributed by atoms with E-state index in [1.807, 2.05) is 54.6 Å². The van der Waals surface area contributed by atoms with E-state index in [0.717, 1.165) is 16.8 Å². The second kappa shape index (κ2) is 8.32. The van der Waals surface area contributed by atoms with Gasteiger partial charge in [0, 0.05) is 11.3 Å². The molecule has 3 aromatic carbocycles. The van der Waals surface area contributed by atoms with Crippen LogP contribution in [0.15, 0.2) is 72.8 Å². The average Bonchev–Trinajstić information content (AvgIpc) is 2.65. The summed E-state index contributed by atoms with van der Waals surface area (Å²) in [5, 5.41) is 6.51. The fourth-order valence-corrected chi connectivity index (χ4v) is 2.86. The lowest BCUT2D eigenvalue weighted by atomic mass is 10.1. The second-order valence-electron chi connectivity index (χ2n) is 5.48. The normalized spacial score (nSPS) is 10.2. The van der Waals surface area contributed by atoms with Crippen LogP contribution >= 0.6 is 35.4 Å². The maximum atomic E-state index is 12.2. The number of carbonyl (C=O) groups excluding carboxylic acids is 1. The summed E-state index contributed by atoms with van der Waals surface area (Å²) >= 11 is 17.0. The van der Waals surface area contributed by atoms with E-state index in [4.69, 9.17) is 35.4 Å². The Morgan fingerprint density at radius 2 is 1.46 bits per heavy atom. The molecule has 0 radical (unpaired) electrons. The molecule has 26 heavy (non-hydrogen) atoms. The summed E-state index contributed by atoms with van der Waals surface area (Å²) in [5.41, 5.74) is 3.39. The van der Waals surface area contributed by atoms with Crippen molar-refractivity contribution in [3.63, 3.8) is 0 Å². The molecule has 0 aromatic heterocycles. The maximum absolute atomic E-state index is 12.2. The molecule has 0 fully saturated rings. The number of nitrogens with one attached hydrogen (secondary N) is 2. The number of anilines is 1. The van der Waals surface area contributed by atoms with Crippen LogP contribution in [0.3, 0.4) is 0 Å². The number of amides is 1. The number of benzene rings is 3. The predicted molar refractivity (Wildman–Crippen MR) is 112 cm³/mol. The van der Waals surface area contributed by atoms with Gasteiger partial charge in [-0.05, 0) is 53.7 Å². The van der Waals surface area contributed by atoms with E-state index >= 15 is 0 Å². The van der Waals surface area contributed by atoms with Crippen molar-refractivity contribution in [2.45, 2.75) is 0 Å². The Bertz CT molecular complexity index is 944. The Kier molecular flexibility index (Phi) is 5.89. The van der Waals surface area contributed by atoms with E-state index in [-0.39, 0.29) is 11.0 Å². The first-order chi connectivity index (χ1) is 12.5. The number of hydrogen-bond donors (Lipinski definition) is 2. The first-order valence-corrected chi connectivity index (χ1v) is 8.92. The molecule has 0 aliphatic rings. The van der Waals surface area contributed by atoms with Gasteiger partial charge >= 0.3 is 0 Å². The zero-order chi connectivity index (χ0) is 18.5. The minimum atomic E-state index is -0.359. The SMILES string of the molecule is O=C(NC(=S)Nc1ccc(-c2ccccc2)cc1)c1ccc(Cl)c(Cl)c1. The molecule has 0 heterocycles. The van der Waals surface area contributed by atoms with Crippen molar-refractivity contribution in [1.29, 1.82) is 0 Å². The summed E-state index contributed by atoms with van der Waals surface area (Å²) < 4.78 is 0.